The molecule has 0 radical (unpaired) electrons. The molecule has 24 heavy (non-hydrogen) atoms. The maximum Gasteiger partial charge on any atom is 0.407 e. The predicted octanol–water partition coefficient (Wildman–Crippen LogP) is 2.28. The van der Waals surface area contributed by atoms with Crippen molar-refractivity contribution in [1.82, 2.24) is 9.13 Å². The Bertz CT molecular complexity index is 622. The van der Waals surface area contributed by atoms with E-state index in [-0.39, 0.29) is 11.8 Å². The van der Waals surface area contributed by atoms with Gasteiger partial charge in [0.2, 0.25) is 11.8 Å². The lowest BCUT2D eigenvalue weighted by Gasteiger charge is -2.32. The average molecular weight is 342 g/mol. The summed E-state index contributed by atoms with van der Waals surface area (Å²) in [7, 11) is 0.972. The van der Waals surface area contributed by atoms with E-state index in [0.29, 0.717) is 17.7 Å². The molecule has 2 aromatic rings. The molecule has 6 heteroatoms. The number of carbonyl (C=O) groups is 2. The first-order valence-electron chi connectivity index (χ1n) is 7.82. The SMILES string of the molecule is CCO[SiH](N(C)C(=O)c1ccccc1)N(C)C(=O)c1ccccc1. The van der Waals surface area contributed by atoms with Gasteiger partial charge in [-0.15, -0.1) is 0 Å². The van der Waals surface area contributed by atoms with E-state index >= 15 is 0 Å². The van der Waals surface area contributed by atoms with Gasteiger partial charge in [0.15, 0.2) is 0 Å². The number of amides is 2. The molecule has 2 amide bonds. The molecule has 0 atom stereocenters. The second-order valence-electron chi connectivity index (χ2n) is 5.35. The van der Waals surface area contributed by atoms with E-state index in [4.69, 9.17) is 4.43 Å². The molecule has 5 nitrogen and oxygen atoms in total. The molecule has 0 N–H and O–H groups in total. The molecule has 0 saturated carbocycles. The van der Waals surface area contributed by atoms with Crippen LogP contribution >= 0.6 is 0 Å². The van der Waals surface area contributed by atoms with Crippen LogP contribution in [0.15, 0.2) is 60.7 Å². The molecular formula is C18H22N2O3Si. The van der Waals surface area contributed by atoms with E-state index in [2.05, 4.69) is 0 Å². The molecule has 0 bridgehead atoms. The fourth-order valence-corrected chi connectivity index (χ4v) is 4.37. The minimum Gasteiger partial charge on any atom is -0.386 e. The quantitative estimate of drug-likeness (QED) is 0.757. The van der Waals surface area contributed by atoms with Crippen LogP contribution in [0.4, 0.5) is 0 Å². The number of carbonyl (C=O) groups excluding carboxylic acids is 2. The highest BCUT2D eigenvalue weighted by atomic mass is 28.3. The van der Waals surface area contributed by atoms with Crippen LogP contribution in [0.3, 0.4) is 0 Å². The lowest BCUT2D eigenvalue weighted by molar-refractivity contribution is 0.0782. The van der Waals surface area contributed by atoms with E-state index in [1.807, 2.05) is 43.3 Å². The van der Waals surface area contributed by atoms with Crippen molar-refractivity contribution in [1.29, 1.82) is 0 Å². The molecule has 0 saturated heterocycles. The molecule has 0 fully saturated rings. The van der Waals surface area contributed by atoms with Crippen molar-refractivity contribution in [2.45, 2.75) is 6.92 Å². The Balaban J connectivity index is 2.21. The van der Waals surface area contributed by atoms with E-state index < -0.39 is 9.36 Å². The molecule has 0 aliphatic rings. The van der Waals surface area contributed by atoms with E-state index in [0.717, 1.165) is 0 Å². The van der Waals surface area contributed by atoms with E-state index in [9.17, 15) is 9.59 Å². The van der Waals surface area contributed by atoms with Gasteiger partial charge in [-0.3, -0.25) is 9.59 Å². The van der Waals surface area contributed by atoms with Gasteiger partial charge in [0.05, 0.1) is 0 Å². The Kier molecular flexibility index (Phi) is 6.28. The van der Waals surface area contributed by atoms with Gasteiger partial charge < -0.3 is 13.6 Å². The van der Waals surface area contributed by atoms with Gasteiger partial charge >= 0.3 is 9.36 Å². The van der Waals surface area contributed by atoms with Gasteiger partial charge in [-0.1, -0.05) is 36.4 Å². The lowest BCUT2D eigenvalue weighted by atomic mass is 10.2. The number of hydrogen-bond acceptors (Lipinski definition) is 3. The van der Waals surface area contributed by atoms with Gasteiger partial charge in [0.1, 0.15) is 0 Å². The largest absolute Gasteiger partial charge is 0.407 e. The van der Waals surface area contributed by atoms with Crippen molar-refractivity contribution in [2.75, 3.05) is 20.7 Å². The Morgan fingerprint density at radius 1 is 0.833 bits per heavy atom. The topological polar surface area (TPSA) is 49.9 Å². The fourth-order valence-electron chi connectivity index (χ4n) is 2.40. The third kappa shape index (κ3) is 4.09. The van der Waals surface area contributed by atoms with Crippen LogP contribution in [-0.4, -0.2) is 51.0 Å². The molecule has 0 aromatic heterocycles. The highest BCUT2D eigenvalue weighted by molar-refractivity contribution is 6.53. The molecule has 0 aliphatic heterocycles. The van der Waals surface area contributed by atoms with Gasteiger partial charge in [-0.2, -0.15) is 0 Å². The summed E-state index contributed by atoms with van der Waals surface area (Å²) in [5.74, 6) is -0.290. The number of nitrogens with zero attached hydrogens (tertiary/aromatic N) is 2. The zero-order valence-electron chi connectivity index (χ0n) is 14.2. The summed E-state index contributed by atoms with van der Waals surface area (Å²) in [6.07, 6.45) is 0. The number of rotatable bonds is 6. The lowest BCUT2D eigenvalue weighted by Crippen LogP contribution is -2.56. The summed E-state index contributed by atoms with van der Waals surface area (Å²) in [5.41, 5.74) is 1.16. The van der Waals surface area contributed by atoms with Crippen molar-refractivity contribution in [3.8, 4) is 0 Å². The molecule has 2 aromatic carbocycles. The number of hydrogen-bond donors (Lipinski definition) is 0. The maximum atomic E-state index is 12.7. The van der Waals surface area contributed by atoms with E-state index in [1.54, 1.807) is 47.5 Å². The monoisotopic (exact) mass is 342 g/mol. The van der Waals surface area contributed by atoms with Gasteiger partial charge in [0, 0.05) is 31.8 Å². The van der Waals surface area contributed by atoms with Crippen molar-refractivity contribution in [3.63, 3.8) is 0 Å². The van der Waals surface area contributed by atoms with Crippen LogP contribution in [0.25, 0.3) is 0 Å². The standard InChI is InChI=1S/C18H22N2O3Si/c1-4-23-24(19(2)17(21)15-11-7-5-8-12-15)20(3)18(22)16-13-9-6-10-14-16/h5-14,24H,4H2,1-3H3. The van der Waals surface area contributed by atoms with Gasteiger partial charge in [-0.25, -0.2) is 0 Å². The van der Waals surface area contributed by atoms with Crippen molar-refractivity contribution in [3.05, 3.63) is 71.8 Å². The first-order chi connectivity index (χ1) is 11.6. The Morgan fingerprint density at radius 3 is 1.54 bits per heavy atom. The molecule has 0 spiro atoms. The predicted molar refractivity (Wildman–Crippen MR) is 95.8 cm³/mol. The second kappa shape index (κ2) is 8.42. The Labute approximate surface area is 144 Å². The number of benzene rings is 2. The minimum absolute atomic E-state index is 0.145. The van der Waals surface area contributed by atoms with Gasteiger partial charge in [-0.05, 0) is 31.2 Å². The molecular weight excluding hydrogens is 320 g/mol. The summed E-state index contributed by atoms with van der Waals surface area (Å²) in [4.78, 5) is 25.3. The van der Waals surface area contributed by atoms with E-state index in [1.165, 1.54) is 0 Å². The van der Waals surface area contributed by atoms with Crippen LogP contribution in [-0.2, 0) is 4.43 Å². The van der Waals surface area contributed by atoms with Crippen LogP contribution < -0.4 is 0 Å². The van der Waals surface area contributed by atoms with Crippen LogP contribution in [0.1, 0.15) is 27.6 Å². The average Bonchev–Trinajstić information content (AvgIpc) is 2.65. The van der Waals surface area contributed by atoms with Crippen molar-refractivity contribution >= 4 is 21.2 Å². The highest BCUT2D eigenvalue weighted by Gasteiger charge is 2.32. The van der Waals surface area contributed by atoms with Crippen molar-refractivity contribution < 1.29 is 14.0 Å². The second-order valence-corrected chi connectivity index (χ2v) is 7.88. The first kappa shape index (κ1) is 17.9. The van der Waals surface area contributed by atoms with Crippen molar-refractivity contribution in [2.24, 2.45) is 0 Å². The van der Waals surface area contributed by atoms with Crippen LogP contribution in [0.2, 0.25) is 0 Å². The third-order valence-corrected chi connectivity index (χ3v) is 6.09. The maximum absolute atomic E-state index is 12.7. The summed E-state index contributed by atoms with van der Waals surface area (Å²) in [5, 5.41) is 0. The van der Waals surface area contributed by atoms with Gasteiger partial charge in [0.25, 0.3) is 0 Å². The molecule has 126 valence electrons. The summed E-state index contributed by atoms with van der Waals surface area (Å²) in [6, 6.07) is 18.0. The molecule has 0 unspecified atom stereocenters. The highest BCUT2D eigenvalue weighted by Crippen LogP contribution is 2.11. The smallest absolute Gasteiger partial charge is 0.386 e. The zero-order valence-corrected chi connectivity index (χ0v) is 15.3. The van der Waals surface area contributed by atoms with Crippen LogP contribution in [0.5, 0.6) is 0 Å². The first-order valence-corrected chi connectivity index (χ1v) is 9.32. The zero-order chi connectivity index (χ0) is 17.5. The Morgan fingerprint density at radius 2 is 1.21 bits per heavy atom. The summed E-state index contributed by atoms with van der Waals surface area (Å²) >= 11 is 0. The molecule has 2 rings (SSSR count). The molecule has 0 aliphatic carbocycles. The summed E-state index contributed by atoms with van der Waals surface area (Å²) < 4.78 is 8.94. The fraction of sp³-hybridized carbons (Fsp3) is 0.222. The van der Waals surface area contributed by atoms with Crippen LogP contribution in [0, 0.1) is 0 Å². The Hall–Kier alpha value is -2.44. The third-order valence-electron chi connectivity index (χ3n) is 3.66. The minimum atomic E-state index is -2.41. The summed E-state index contributed by atoms with van der Waals surface area (Å²) in [6.45, 7) is 2.30. The molecule has 0 heterocycles. The normalized spacial score (nSPS) is 10.5.